The molecule has 0 N–H and O–H groups in total. The first kappa shape index (κ1) is 27.3. The molecule has 0 spiro atoms. The summed E-state index contributed by atoms with van der Waals surface area (Å²) >= 11 is 3.07. The molecule has 0 radical (unpaired) electrons. The van der Waals surface area contributed by atoms with Gasteiger partial charge in [0.2, 0.25) is 5.91 Å². The van der Waals surface area contributed by atoms with E-state index < -0.39 is 14.3 Å². The lowest BCUT2D eigenvalue weighted by Crippen LogP contribution is -2.64. The van der Waals surface area contributed by atoms with Crippen LogP contribution < -0.4 is 0 Å². The summed E-state index contributed by atoms with van der Waals surface area (Å²) in [5, 5.41) is 2.09. The van der Waals surface area contributed by atoms with Gasteiger partial charge in [-0.1, -0.05) is 37.4 Å². The number of carbonyl (C=O) groups is 2. The number of fused-ring (bicyclic) bond motifs is 1. The predicted octanol–water partition coefficient (Wildman–Crippen LogP) is 5.00. The van der Waals surface area contributed by atoms with Crippen molar-refractivity contribution in [1.29, 1.82) is 0 Å². The van der Waals surface area contributed by atoms with E-state index in [2.05, 4.69) is 63.5 Å². The summed E-state index contributed by atoms with van der Waals surface area (Å²) < 4.78 is 12.6. The van der Waals surface area contributed by atoms with E-state index in [1.165, 1.54) is 23.4 Å². The number of amides is 1. The fourth-order valence-electron chi connectivity index (χ4n) is 5.23. The molecule has 1 fully saturated rings. The number of esters is 1. The molecule has 3 aliphatic rings. The summed E-state index contributed by atoms with van der Waals surface area (Å²) in [5.74, 6) is -0.846. The van der Waals surface area contributed by atoms with Crippen LogP contribution in [0.25, 0.3) is 5.57 Å². The van der Waals surface area contributed by atoms with Crippen molar-refractivity contribution < 1.29 is 18.8 Å². The Hall–Kier alpha value is -1.72. The molecule has 3 aliphatic heterocycles. The van der Waals surface area contributed by atoms with Gasteiger partial charge in [-0.2, -0.15) is 0 Å². The molecule has 0 unspecified atom stereocenters. The maximum absolute atomic E-state index is 13.3. The molecule has 7 nitrogen and oxygen atoms in total. The number of likely N-dealkylation sites (N-methyl/N-ethyl adjacent to an activating group) is 1. The highest BCUT2D eigenvalue weighted by atomic mass is 32.2. The van der Waals surface area contributed by atoms with Crippen molar-refractivity contribution >= 4 is 48.9 Å². The molecule has 0 aromatic carbocycles. The first-order chi connectivity index (χ1) is 16.9. The summed E-state index contributed by atoms with van der Waals surface area (Å²) in [6.45, 7) is 17.4. The maximum atomic E-state index is 13.3. The third-order valence-electron chi connectivity index (χ3n) is 7.04. The van der Waals surface area contributed by atoms with Crippen LogP contribution in [0.3, 0.4) is 0 Å². The molecule has 1 aromatic heterocycles. The number of β-lactam (4-membered cyclic amide) rings is 1. The molecule has 4 rings (SSSR count). The summed E-state index contributed by atoms with van der Waals surface area (Å²) in [6, 6.07) is 0.261. The van der Waals surface area contributed by atoms with Gasteiger partial charge in [0.1, 0.15) is 12.3 Å². The lowest BCUT2D eigenvalue weighted by molar-refractivity contribution is -0.163. The zero-order chi connectivity index (χ0) is 26.4. The summed E-state index contributed by atoms with van der Waals surface area (Å²) in [5.41, 5.74) is 2.61. The lowest BCUT2D eigenvalue weighted by Gasteiger charge is -2.48. The molecule has 5 atom stereocenters. The average molecular weight is 548 g/mol. The number of nitrogens with zero attached hydrogens (tertiary/aromatic N) is 3. The van der Waals surface area contributed by atoms with Crippen molar-refractivity contribution in [3.05, 3.63) is 40.4 Å². The summed E-state index contributed by atoms with van der Waals surface area (Å²) in [7, 11) is 0.306. The summed E-state index contributed by atoms with van der Waals surface area (Å²) in [6.07, 6.45) is 4.58. The Morgan fingerprint density at radius 2 is 2.11 bits per heavy atom. The first-order valence-corrected chi connectivity index (χ1v) is 17.6. The average Bonchev–Trinajstić information content (AvgIpc) is 3.35. The monoisotopic (exact) mass is 547 g/mol. The number of hydrogen-bond acceptors (Lipinski definition) is 8. The van der Waals surface area contributed by atoms with Crippen LogP contribution in [0.15, 0.2) is 39.1 Å². The van der Waals surface area contributed by atoms with Gasteiger partial charge in [-0.05, 0) is 52.5 Å². The molecule has 196 valence electrons. The van der Waals surface area contributed by atoms with Gasteiger partial charge >= 0.3 is 5.97 Å². The van der Waals surface area contributed by atoms with Crippen LogP contribution in [0.4, 0.5) is 0 Å². The van der Waals surface area contributed by atoms with Gasteiger partial charge < -0.3 is 14.1 Å². The Bertz CT molecular complexity index is 1110. The standard InChI is InChI=1S/C26H37N3O4S2Si/c1-9-12-32-25(31)22-23(16(3)21-20(24(30)29(21)22)17(4)33-36(6,7)8)35-26-27-19(14-34-26)18-10-11-28(5)15(2)13-18/h9,13-17,20-21H,1,10-12H2,2-8H3/t15-,16-,17-,20-,21-/m1/s1. The number of ether oxygens (including phenoxy) is 1. The molecule has 0 aliphatic carbocycles. The van der Waals surface area contributed by atoms with Crippen LogP contribution in [0.2, 0.25) is 19.6 Å². The number of thioether (sulfide) groups is 1. The van der Waals surface area contributed by atoms with Crippen LogP contribution in [-0.2, 0) is 18.8 Å². The van der Waals surface area contributed by atoms with Gasteiger partial charge in [-0.3, -0.25) is 9.69 Å². The van der Waals surface area contributed by atoms with Crippen LogP contribution in [0, 0.1) is 11.8 Å². The van der Waals surface area contributed by atoms with E-state index in [1.54, 1.807) is 16.2 Å². The fraction of sp³-hybridized carbons (Fsp3) is 0.577. The first-order valence-electron chi connectivity index (χ1n) is 12.5. The third-order valence-corrected chi connectivity index (χ3v) is 10.3. The Kier molecular flexibility index (Phi) is 8.02. The topological polar surface area (TPSA) is 72.0 Å². The molecule has 4 heterocycles. The number of thiazole rings is 1. The number of rotatable bonds is 9. The van der Waals surface area contributed by atoms with Crippen LogP contribution >= 0.6 is 23.1 Å². The molecular weight excluding hydrogens is 511 g/mol. The Morgan fingerprint density at radius 1 is 1.39 bits per heavy atom. The fourth-order valence-corrected chi connectivity index (χ4v) is 8.60. The van der Waals surface area contributed by atoms with Crippen molar-refractivity contribution in [1.82, 2.24) is 14.8 Å². The lowest BCUT2D eigenvalue weighted by atomic mass is 9.79. The Balaban J connectivity index is 1.61. The molecule has 0 bridgehead atoms. The van der Waals surface area contributed by atoms with Gasteiger partial charge in [0.25, 0.3) is 0 Å². The largest absolute Gasteiger partial charge is 0.457 e. The number of carbonyl (C=O) groups excluding carboxylic acids is 2. The maximum Gasteiger partial charge on any atom is 0.356 e. The molecular formula is C26H37N3O4S2Si. The highest BCUT2D eigenvalue weighted by molar-refractivity contribution is 8.04. The van der Waals surface area contributed by atoms with Crippen LogP contribution in [0.5, 0.6) is 0 Å². The van der Waals surface area contributed by atoms with E-state index >= 15 is 0 Å². The number of hydrogen-bond donors (Lipinski definition) is 0. The molecule has 1 amide bonds. The quantitative estimate of drug-likeness (QED) is 0.186. The van der Waals surface area contributed by atoms with Gasteiger partial charge in [0, 0.05) is 28.8 Å². The second-order valence-corrected chi connectivity index (χ2v) is 17.4. The van der Waals surface area contributed by atoms with E-state index in [-0.39, 0.29) is 36.5 Å². The zero-order valence-electron chi connectivity index (χ0n) is 22.2. The minimum Gasteiger partial charge on any atom is -0.457 e. The number of aromatic nitrogens is 1. The molecule has 36 heavy (non-hydrogen) atoms. The van der Waals surface area contributed by atoms with Crippen molar-refractivity contribution in [2.24, 2.45) is 11.8 Å². The highest BCUT2D eigenvalue weighted by Crippen LogP contribution is 2.53. The molecule has 1 saturated heterocycles. The predicted molar refractivity (Wildman–Crippen MR) is 148 cm³/mol. The summed E-state index contributed by atoms with van der Waals surface area (Å²) in [4.78, 5) is 36.2. The molecule has 1 aromatic rings. The normalized spacial score (nSPS) is 27.5. The van der Waals surface area contributed by atoms with Crippen molar-refractivity contribution in [3.8, 4) is 0 Å². The van der Waals surface area contributed by atoms with Crippen LogP contribution in [0.1, 0.15) is 32.9 Å². The van der Waals surface area contributed by atoms with Gasteiger partial charge in [-0.25, -0.2) is 9.78 Å². The van der Waals surface area contributed by atoms with E-state index in [1.807, 2.05) is 6.92 Å². The van der Waals surface area contributed by atoms with Gasteiger partial charge in [-0.15, -0.1) is 11.3 Å². The van der Waals surface area contributed by atoms with E-state index in [0.717, 1.165) is 27.9 Å². The zero-order valence-corrected chi connectivity index (χ0v) is 24.9. The van der Waals surface area contributed by atoms with E-state index in [9.17, 15) is 9.59 Å². The van der Waals surface area contributed by atoms with Crippen molar-refractivity contribution in [2.45, 2.75) is 69.4 Å². The van der Waals surface area contributed by atoms with Gasteiger partial charge in [0.05, 0.1) is 23.8 Å². The van der Waals surface area contributed by atoms with Crippen molar-refractivity contribution in [3.63, 3.8) is 0 Å². The molecule has 10 heteroatoms. The highest BCUT2D eigenvalue weighted by Gasteiger charge is 2.61. The Morgan fingerprint density at radius 3 is 2.75 bits per heavy atom. The second-order valence-electron chi connectivity index (χ2n) is 10.8. The van der Waals surface area contributed by atoms with Crippen LogP contribution in [-0.4, -0.2) is 73.4 Å². The SMILES string of the molecule is C=CCOC(=O)C1=C(Sc2nc(C3=C[C@@H](C)N(C)CC3)cs2)[C@H](C)[C@@H]2[C@@H]([C@@H](C)O[Si](C)(C)C)C(=O)N12. The minimum absolute atomic E-state index is 0.0217. The van der Waals surface area contributed by atoms with E-state index in [4.69, 9.17) is 14.1 Å². The molecule has 0 saturated carbocycles. The second kappa shape index (κ2) is 10.6. The van der Waals surface area contributed by atoms with E-state index in [0.29, 0.717) is 11.7 Å². The van der Waals surface area contributed by atoms with Gasteiger partial charge in [0.15, 0.2) is 12.7 Å². The third kappa shape index (κ3) is 5.29. The van der Waals surface area contributed by atoms with Crippen molar-refractivity contribution in [2.75, 3.05) is 20.2 Å². The Labute approximate surface area is 223 Å². The minimum atomic E-state index is -1.83. The smallest absolute Gasteiger partial charge is 0.356 e.